The third kappa shape index (κ3) is 6.68. The van der Waals surface area contributed by atoms with Crippen LogP contribution in [-0.2, 0) is 9.59 Å². The summed E-state index contributed by atoms with van der Waals surface area (Å²) in [6.45, 7) is 4.56. The molecule has 1 N–H and O–H groups in total. The van der Waals surface area contributed by atoms with Crippen molar-refractivity contribution in [2.75, 3.05) is 20.6 Å². The molecule has 0 fully saturated rings. The lowest BCUT2D eigenvalue weighted by Gasteiger charge is -2.08. The Kier molecular flexibility index (Phi) is 7.12. The average Bonchev–Trinajstić information content (AvgIpc) is 2.78. The summed E-state index contributed by atoms with van der Waals surface area (Å²) < 4.78 is 0. The van der Waals surface area contributed by atoms with Gasteiger partial charge < -0.3 is 4.90 Å². The van der Waals surface area contributed by atoms with Crippen LogP contribution in [0.5, 0.6) is 0 Å². The van der Waals surface area contributed by atoms with Crippen LogP contribution in [0.25, 0.3) is 6.08 Å². The molecule has 1 aliphatic heterocycles. The predicted octanol–water partition coefficient (Wildman–Crippen LogP) is 2.24. The number of benzene rings is 1. The Balaban J connectivity index is 0.000000235. The molecule has 0 aliphatic carbocycles. The Bertz CT molecular complexity index is 519. The highest BCUT2D eigenvalue weighted by Crippen LogP contribution is 2.09. The molecule has 1 aliphatic rings. The lowest BCUT2D eigenvalue weighted by molar-refractivity contribution is -0.123. The van der Waals surface area contributed by atoms with Gasteiger partial charge in [-0.05, 0) is 39.0 Å². The van der Waals surface area contributed by atoms with Crippen molar-refractivity contribution in [3.05, 3.63) is 54.1 Å². The van der Waals surface area contributed by atoms with Crippen molar-refractivity contribution >= 4 is 17.9 Å². The molecule has 112 valence electrons. The summed E-state index contributed by atoms with van der Waals surface area (Å²) in [4.78, 5) is 23.8. The van der Waals surface area contributed by atoms with Gasteiger partial charge >= 0.3 is 0 Å². The first-order chi connectivity index (χ1) is 10.0. The molecule has 4 heteroatoms. The number of imide groups is 1. The van der Waals surface area contributed by atoms with Crippen molar-refractivity contribution in [2.45, 2.75) is 12.8 Å². The Hall–Kier alpha value is -2.20. The zero-order chi connectivity index (χ0) is 15.7. The molecule has 21 heavy (non-hydrogen) atoms. The number of hydrogen-bond acceptors (Lipinski definition) is 3. The average molecular weight is 286 g/mol. The minimum absolute atomic E-state index is 0.233. The third-order valence-electron chi connectivity index (χ3n) is 2.92. The number of hydrogen-bond donors (Lipinski definition) is 1. The number of carbonyl (C=O) groups is 2. The van der Waals surface area contributed by atoms with Crippen molar-refractivity contribution in [3.63, 3.8) is 0 Å². The molecule has 0 aromatic heterocycles. The molecule has 0 saturated heterocycles. The van der Waals surface area contributed by atoms with Crippen LogP contribution in [0.1, 0.15) is 18.4 Å². The summed E-state index contributed by atoms with van der Waals surface area (Å²) in [5, 5.41) is 2.22. The number of amides is 2. The van der Waals surface area contributed by atoms with E-state index in [0.29, 0.717) is 12.0 Å². The summed E-state index contributed by atoms with van der Waals surface area (Å²) >= 11 is 0. The SMILES string of the molecule is C=Cc1ccccc1.CN(C)CCCC1=CC(=O)NC1=O. The van der Waals surface area contributed by atoms with Gasteiger partial charge in [0.15, 0.2) is 0 Å². The van der Waals surface area contributed by atoms with E-state index in [1.54, 1.807) is 0 Å². The van der Waals surface area contributed by atoms with Crippen LogP contribution >= 0.6 is 0 Å². The van der Waals surface area contributed by atoms with Gasteiger partial charge in [-0.15, -0.1) is 0 Å². The number of rotatable bonds is 5. The van der Waals surface area contributed by atoms with Gasteiger partial charge in [0.1, 0.15) is 0 Å². The fraction of sp³-hybridized carbons (Fsp3) is 0.294. The first-order valence-corrected chi connectivity index (χ1v) is 6.91. The van der Waals surface area contributed by atoms with Crippen molar-refractivity contribution in [3.8, 4) is 0 Å². The van der Waals surface area contributed by atoms with E-state index < -0.39 is 0 Å². The topological polar surface area (TPSA) is 49.4 Å². The van der Waals surface area contributed by atoms with E-state index >= 15 is 0 Å². The van der Waals surface area contributed by atoms with Crippen LogP contribution in [-0.4, -0.2) is 37.4 Å². The molecule has 0 saturated carbocycles. The maximum Gasteiger partial charge on any atom is 0.254 e. The van der Waals surface area contributed by atoms with Crippen LogP contribution in [0.2, 0.25) is 0 Å². The number of nitrogens with zero attached hydrogens (tertiary/aromatic N) is 1. The van der Waals surface area contributed by atoms with E-state index in [1.807, 2.05) is 50.5 Å². The minimum Gasteiger partial charge on any atom is -0.309 e. The first kappa shape index (κ1) is 16.9. The molecule has 2 rings (SSSR count). The molecular weight excluding hydrogens is 264 g/mol. The molecular formula is C17H22N2O2. The zero-order valence-corrected chi connectivity index (χ0v) is 12.6. The van der Waals surface area contributed by atoms with Crippen molar-refractivity contribution in [2.24, 2.45) is 0 Å². The minimum atomic E-state index is -0.287. The van der Waals surface area contributed by atoms with E-state index in [4.69, 9.17) is 0 Å². The van der Waals surface area contributed by atoms with E-state index in [0.717, 1.165) is 13.0 Å². The highest BCUT2D eigenvalue weighted by Gasteiger charge is 2.19. The van der Waals surface area contributed by atoms with E-state index in [9.17, 15) is 9.59 Å². The molecule has 0 atom stereocenters. The fourth-order valence-corrected chi connectivity index (χ4v) is 1.81. The molecule has 0 radical (unpaired) electrons. The normalized spacial score (nSPS) is 13.4. The predicted molar refractivity (Wildman–Crippen MR) is 85.6 cm³/mol. The second kappa shape index (κ2) is 8.87. The van der Waals surface area contributed by atoms with Crippen LogP contribution in [0, 0.1) is 0 Å². The summed E-state index contributed by atoms with van der Waals surface area (Å²) in [5.41, 5.74) is 1.78. The molecule has 1 heterocycles. The lowest BCUT2D eigenvalue weighted by Crippen LogP contribution is -2.22. The third-order valence-corrected chi connectivity index (χ3v) is 2.92. The van der Waals surface area contributed by atoms with Crippen LogP contribution in [0.3, 0.4) is 0 Å². The maximum atomic E-state index is 11.0. The fourth-order valence-electron chi connectivity index (χ4n) is 1.81. The monoisotopic (exact) mass is 286 g/mol. The summed E-state index contributed by atoms with van der Waals surface area (Å²) in [7, 11) is 3.96. The lowest BCUT2D eigenvalue weighted by atomic mass is 10.1. The Morgan fingerprint density at radius 2 is 1.86 bits per heavy atom. The van der Waals surface area contributed by atoms with E-state index in [2.05, 4.69) is 16.8 Å². The van der Waals surface area contributed by atoms with E-state index in [1.165, 1.54) is 11.6 Å². The molecule has 1 aromatic carbocycles. The van der Waals surface area contributed by atoms with Gasteiger partial charge in [0, 0.05) is 11.6 Å². The van der Waals surface area contributed by atoms with Gasteiger partial charge in [0.25, 0.3) is 11.8 Å². The smallest absolute Gasteiger partial charge is 0.254 e. The molecule has 2 amide bonds. The maximum absolute atomic E-state index is 11.0. The molecule has 0 bridgehead atoms. The van der Waals surface area contributed by atoms with Gasteiger partial charge in [-0.3, -0.25) is 14.9 Å². The summed E-state index contributed by atoms with van der Waals surface area (Å²) in [6.07, 6.45) is 4.80. The molecule has 1 aromatic rings. The molecule has 4 nitrogen and oxygen atoms in total. The Morgan fingerprint density at radius 3 is 2.29 bits per heavy atom. The summed E-state index contributed by atoms with van der Waals surface area (Å²) in [6, 6.07) is 10.0. The van der Waals surface area contributed by atoms with Crippen molar-refractivity contribution in [1.29, 1.82) is 0 Å². The van der Waals surface area contributed by atoms with Crippen molar-refractivity contribution < 1.29 is 9.59 Å². The first-order valence-electron chi connectivity index (χ1n) is 6.91. The molecule has 0 unspecified atom stereocenters. The van der Waals surface area contributed by atoms with Gasteiger partial charge in [-0.25, -0.2) is 0 Å². The second-order valence-corrected chi connectivity index (χ2v) is 5.01. The number of carbonyl (C=O) groups excluding carboxylic acids is 2. The highest BCUT2D eigenvalue weighted by molar-refractivity contribution is 6.16. The van der Waals surface area contributed by atoms with E-state index in [-0.39, 0.29) is 11.8 Å². The second-order valence-electron chi connectivity index (χ2n) is 5.01. The van der Waals surface area contributed by atoms with Crippen molar-refractivity contribution in [1.82, 2.24) is 10.2 Å². The standard InChI is InChI=1S/C9H14N2O2.C8H8/c1-11(2)5-3-4-7-6-8(12)10-9(7)13;1-2-8-6-4-3-5-7-8/h6H,3-5H2,1-2H3,(H,10,12,13);2-7H,1H2. The summed E-state index contributed by atoms with van der Waals surface area (Å²) in [5.74, 6) is -0.520. The Morgan fingerprint density at radius 1 is 1.19 bits per heavy atom. The van der Waals surface area contributed by atoms with Crippen LogP contribution < -0.4 is 5.32 Å². The van der Waals surface area contributed by atoms with Gasteiger partial charge in [0.2, 0.25) is 0 Å². The zero-order valence-electron chi connectivity index (χ0n) is 12.6. The molecule has 0 spiro atoms. The highest BCUT2D eigenvalue weighted by atomic mass is 16.2. The Labute approximate surface area is 126 Å². The number of nitrogens with one attached hydrogen (secondary N) is 1. The van der Waals surface area contributed by atoms with Crippen LogP contribution in [0.4, 0.5) is 0 Å². The van der Waals surface area contributed by atoms with Gasteiger partial charge in [0.05, 0.1) is 0 Å². The van der Waals surface area contributed by atoms with Gasteiger partial charge in [-0.2, -0.15) is 0 Å². The quantitative estimate of drug-likeness (QED) is 0.845. The van der Waals surface area contributed by atoms with Crippen LogP contribution in [0.15, 0.2) is 48.6 Å². The largest absolute Gasteiger partial charge is 0.309 e. The van der Waals surface area contributed by atoms with Gasteiger partial charge in [-0.1, -0.05) is 43.0 Å².